The van der Waals surface area contributed by atoms with E-state index in [9.17, 15) is 24.0 Å². The molecule has 1 spiro atoms. The highest BCUT2D eigenvalue weighted by molar-refractivity contribution is 6.33. The van der Waals surface area contributed by atoms with Gasteiger partial charge in [-0.3, -0.25) is 34.2 Å². The number of imide groups is 1. The van der Waals surface area contributed by atoms with Gasteiger partial charge in [0, 0.05) is 93.7 Å². The van der Waals surface area contributed by atoms with Crippen LogP contribution in [-0.2, 0) is 25.7 Å². The van der Waals surface area contributed by atoms with Gasteiger partial charge in [-0.15, -0.1) is 0 Å². The maximum Gasteiger partial charge on any atom is 0.293 e. The molecule has 1 atom stereocenters. The summed E-state index contributed by atoms with van der Waals surface area (Å²) in [6, 6.07) is 13.2. The molecule has 1 saturated carbocycles. The number of piperidine rings is 3. The fourth-order valence-electron chi connectivity index (χ4n) is 10.8. The predicted octanol–water partition coefficient (Wildman–Crippen LogP) is 4.77. The van der Waals surface area contributed by atoms with Crippen molar-refractivity contribution in [3.05, 3.63) is 75.2 Å². The van der Waals surface area contributed by atoms with Gasteiger partial charge in [0.15, 0.2) is 18.2 Å². The Balaban J connectivity index is 0.671. The van der Waals surface area contributed by atoms with Crippen molar-refractivity contribution < 1.29 is 28.7 Å². The summed E-state index contributed by atoms with van der Waals surface area (Å²) in [5.41, 5.74) is 4.27. The van der Waals surface area contributed by atoms with Crippen LogP contribution < -0.4 is 36.0 Å². The maximum atomic E-state index is 13.3. The number of hydrogen-bond donors (Lipinski definition) is 3. The van der Waals surface area contributed by atoms with E-state index in [0.29, 0.717) is 52.9 Å². The highest BCUT2D eigenvalue weighted by atomic mass is 35.5. The molecule has 17 nitrogen and oxygen atoms in total. The molecule has 10 rings (SSSR count). The molecular formula is C48H57ClN10O7. The average molecular weight is 921 g/mol. The van der Waals surface area contributed by atoms with Crippen molar-refractivity contribution in [1.82, 2.24) is 35.0 Å². The van der Waals surface area contributed by atoms with E-state index in [1.165, 1.54) is 7.05 Å². The quantitative estimate of drug-likeness (QED) is 0.165. The molecule has 2 aromatic carbocycles. The SMILES string of the molecule is CNC(=O)COc1cc2cc(Nc3nc(N4CCC(OC5CC(N6CC7(CCN(c8ccc9c(c8)CN(C8CCC(=O)NC8=O)C9=O)CC7)C6)C5)CC4)ncc3Cl)ccc2n(C(C)C)c1=O. The van der Waals surface area contributed by atoms with E-state index in [-0.39, 0.29) is 60.1 Å². The van der Waals surface area contributed by atoms with Crippen molar-refractivity contribution in [2.45, 2.75) is 102 Å². The van der Waals surface area contributed by atoms with Gasteiger partial charge in [0.25, 0.3) is 17.4 Å². The highest BCUT2D eigenvalue weighted by Gasteiger charge is 2.50. The number of halogens is 1. The van der Waals surface area contributed by atoms with Crippen molar-refractivity contribution in [3.8, 4) is 5.75 Å². The number of rotatable bonds is 12. The Bertz CT molecular complexity index is 2630. The zero-order valence-electron chi connectivity index (χ0n) is 37.7. The Hall–Kier alpha value is -5.78. The number of carbonyl (C=O) groups excluding carboxylic acids is 4. The number of anilines is 4. The van der Waals surface area contributed by atoms with Gasteiger partial charge in [0.1, 0.15) is 11.1 Å². The normalized spacial score (nSPS) is 23.2. The minimum atomic E-state index is -0.600. The van der Waals surface area contributed by atoms with Crippen LogP contribution in [0.5, 0.6) is 5.75 Å². The molecule has 0 bridgehead atoms. The van der Waals surface area contributed by atoms with Crippen LogP contribution in [0.15, 0.2) is 53.5 Å². The average Bonchev–Trinajstić information content (AvgIpc) is 3.61. The molecule has 1 aliphatic carbocycles. The number of ether oxygens (including phenoxy) is 2. The predicted molar refractivity (Wildman–Crippen MR) is 250 cm³/mol. The third-order valence-corrected chi connectivity index (χ3v) is 14.9. The van der Waals surface area contributed by atoms with Gasteiger partial charge < -0.3 is 39.4 Å². The molecule has 5 aliphatic heterocycles. The monoisotopic (exact) mass is 920 g/mol. The molecule has 4 saturated heterocycles. The molecular weight excluding hydrogens is 864 g/mol. The fourth-order valence-corrected chi connectivity index (χ4v) is 10.9. The topological polar surface area (TPSA) is 184 Å². The molecule has 18 heteroatoms. The number of nitrogens with zero attached hydrogens (tertiary/aromatic N) is 7. The Morgan fingerprint density at radius 1 is 0.955 bits per heavy atom. The van der Waals surface area contributed by atoms with E-state index < -0.39 is 6.04 Å². The standard InChI is InChI=1S/C48H57ClN10O7/c1-28(2)59-38-7-4-31(18-29(38)20-40(46(59)64)65-25-42(61)50-3)52-43-37(49)23-51-47(54-43)56-14-10-34(11-15-56)66-35-21-33(22-35)57-26-48(27-57)12-16-55(17-13-48)32-5-6-36-30(19-32)24-58(45(36)63)39-8-9-41(60)53-44(39)62/h4-7,18-20,23,28,33-35,39H,8-17,21-22,24-27H2,1-3H3,(H,50,61)(H,51,52,54)(H,53,60,62). The molecule has 6 aliphatic rings. The van der Waals surface area contributed by atoms with Crippen LogP contribution in [0.1, 0.15) is 87.2 Å². The second-order valence-electron chi connectivity index (χ2n) is 19.2. The molecule has 348 valence electrons. The summed E-state index contributed by atoms with van der Waals surface area (Å²) in [7, 11) is 1.52. The van der Waals surface area contributed by atoms with Crippen LogP contribution in [0.4, 0.5) is 23.1 Å². The minimum Gasteiger partial charge on any atom is -0.478 e. The summed E-state index contributed by atoms with van der Waals surface area (Å²) in [6.07, 6.45) is 8.97. The van der Waals surface area contributed by atoms with Crippen molar-refractivity contribution in [2.75, 3.05) is 68.0 Å². The number of benzene rings is 2. The second-order valence-corrected chi connectivity index (χ2v) is 19.6. The van der Waals surface area contributed by atoms with Crippen molar-refractivity contribution >= 4 is 69.3 Å². The fraction of sp³-hybridized carbons (Fsp3) is 0.521. The van der Waals surface area contributed by atoms with E-state index in [1.807, 2.05) is 44.2 Å². The summed E-state index contributed by atoms with van der Waals surface area (Å²) in [6.45, 7) is 9.81. The summed E-state index contributed by atoms with van der Waals surface area (Å²) < 4.78 is 13.9. The smallest absolute Gasteiger partial charge is 0.293 e. The molecule has 0 radical (unpaired) electrons. The van der Waals surface area contributed by atoms with Gasteiger partial charge in [0.2, 0.25) is 17.8 Å². The Morgan fingerprint density at radius 3 is 2.45 bits per heavy atom. The van der Waals surface area contributed by atoms with Crippen LogP contribution in [0.25, 0.3) is 10.9 Å². The number of likely N-dealkylation sites (N-methyl/N-ethyl adjacent to an activating group) is 1. The number of pyridine rings is 1. The Morgan fingerprint density at radius 2 is 1.73 bits per heavy atom. The Kier molecular flexibility index (Phi) is 11.9. The highest BCUT2D eigenvalue weighted by Crippen LogP contribution is 2.46. The number of carbonyl (C=O) groups is 4. The van der Waals surface area contributed by atoms with Crippen LogP contribution in [0.2, 0.25) is 5.02 Å². The number of hydrogen-bond acceptors (Lipinski definition) is 13. The third-order valence-electron chi connectivity index (χ3n) is 14.6. The molecule has 7 heterocycles. The number of aromatic nitrogens is 3. The van der Waals surface area contributed by atoms with Gasteiger partial charge in [-0.1, -0.05) is 11.6 Å². The molecule has 1 unspecified atom stereocenters. The molecule has 5 fully saturated rings. The zero-order chi connectivity index (χ0) is 45.9. The molecule has 4 amide bonds. The van der Waals surface area contributed by atoms with Crippen molar-refractivity contribution in [3.63, 3.8) is 0 Å². The molecule has 66 heavy (non-hydrogen) atoms. The summed E-state index contributed by atoms with van der Waals surface area (Å²) in [5.74, 6) is 0.0579. The summed E-state index contributed by atoms with van der Waals surface area (Å²) in [4.78, 5) is 80.7. The first kappa shape index (κ1) is 44.1. The van der Waals surface area contributed by atoms with E-state index in [1.54, 1.807) is 21.7 Å². The first-order valence-corrected chi connectivity index (χ1v) is 23.7. The third kappa shape index (κ3) is 8.56. The molecule has 2 aromatic heterocycles. The van der Waals surface area contributed by atoms with E-state index in [2.05, 4.69) is 41.7 Å². The first-order valence-electron chi connectivity index (χ1n) is 23.3. The van der Waals surface area contributed by atoms with Crippen molar-refractivity contribution in [1.29, 1.82) is 0 Å². The number of amides is 4. The lowest BCUT2D eigenvalue weighted by Gasteiger charge is -2.59. The summed E-state index contributed by atoms with van der Waals surface area (Å²) >= 11 is 6.61. The zero-order valence-corrected chi connectivity index (χ0v) is 38.4. The van der Waals surface area contributed by atoms with Gasteiger partial charge in [-0.05, 0) is 112 Å². The second kappa shape index (κ2) is 17.8. The lowest BCUT2D eigenvalue weighted by atomic mass is 9.69. The molecule has 4 aromatic rings. The van der Waals surface area contributed by atoms with Crippen LogP contribution in [0, 0.1) is 5.41 Å². The lowest BCUT2D eigenvalue weighted by Crippen LogP contribution is -2.65. The minimum absolute atomic E-state index is 0.0985. The first-order chi connectivity index (χ1) is 31.8. The molecule has 3 N–H and O–H groups in total. The van der Waals surface area contributed by atoms with Crippen LogP contribution in [0.3, 0.4) is 0 Å². The number of fused-ring (bicyclic) bond motifs is 2. The van der Waals surface area contributed by atoms with Gasteiger partial charge in [-0.2, -0.15) is 4.98 Å². The van der Waals surface area contributed by atoms with Crippen LogP contribution in [-0.4, -0.2) is 125 Å². The number of likely N-dealkylation sites (tertiary alicyclic amines) is 1. The summed E-state index contributed by atoms with van der Waals surface area (Å²) in [5, 5.41) is 9.38. The van der Waals surface area contributed by atoms with Gasteiger partial charge >= 0.3 is 0 Å². The van der Waals surface area contributed by atoms with Gasteiger partial charge in [0.05, 0.1) is 23.9 Å². The van der Waals surface area contributed by atoms with Gasteiger partial charge in [-0.25, -0.2) is 4.98 Å². The maximum absolute atomic E-state index is 13.3. The largest absolute Gasteiger partial charge is 0.478 e. The van der Waals surface area contributed by atoms with Crippen molar-refractivity contribution in [2.24, 2.45) is 5.41 Å². The number of nitrogens with one attached hydrogen (secondary N) is 3. The lowest BCUT2D eigenvalue weighted by molar-refractivity contribution is -0.137. The van der Waals surface area contributed by atoms with Crippen LogP contribution >= 0.6 is 11.6 Å². The van der Waals surface area contributed by atoms with E-state index in [0.717, 1.165) is 106 Å². The Labute approximate surface area is 388 Å². The van der Waals surface area contributed by atoms with E-state index >= 15 is 0 Å². The van der Waals surface area contributed by atoms with E-state index in [4.69, 9.17) is 26.1 Å².